The second-order valence-corrected chi connectivity index (χ2v) is 10.1. The smallest absolute Gasteiger partial charge is 0.258 e. The standard InChI is InChI=1S/C30H42N4O5/c1-6-8-9-31-15-21-11-23(19(3)4)14-25(12-21)30-33-29(34-39-30)24-10-20(5)28(22(7-2)13-24)38-18-26(36)16-32-27(37)17-35/h10-14,19,26,31,35-36H,6-9,15-18H2,1-5H3,(H,32,37)/t26-/m0/s1. The van der Waals surface area contributed by atoms with Crippen LogP contribution in [-0.4, -0.2) is 58.7 Å². The Balaban J connectivity index is 1.79. The molecule has 1 atom stereocenters. The van der Waals surface area contributed by atoms with E-state index in [0.29, 0.717) is 29.8 Å². The van der Waals surface area contributed by atoms with Crippen LogP contribution in [0.25, 0.3) is 22.8 Å². The molecular weight excluding hydrogens is 496 g/mol. The quantitative estimate of drug-likeness (QED) is 0.213. The van der Waals surface area contributed by atoms with Gasteiger partial charge in [-0.3, -0.25) is 4.79 Å². The first-order valence-electron chi connectivity index (χ1n) is 13.8. The average molecular weight is 539 g/mol. The molecule has 4 N–H and O–H groups in total. The molecule has 0 spiro atoms. The lowest BCUT2D eigenvalue weighted by molar-refractivity contribution is -0.124. The van der Waals surface area contributed by atoms with Crippen molar-refractivity contribution in [3.05, 3.63) is 52.6 Å². The number of hydrogen-bond donors (Lipinski definition) is 4. The largest absolute Gasteiger partial charge is 0.490 e. The maximum absolute atomic E-state index is 11.2. The molecule has 0 aliphatic carbocycles. The van der Waals surface area contributed by atoms with E-state index >= 15 is 0 Å². The van der Waals surface area contributed by atoms with E-state index in [1.165, 1.54) is 11.1 Å². The summed E-state index contributed by atoms with van der Waals surface area (Å²) in [5.41, 5.74) is 5.97. The van der Waals surface area contributed by atoms with Gasteiger partial charge in [0.25, 0.3) is 5.89 Å². The molecule has 0 bridgehead atoms. The number of rotatable bonds is 15. The lowest BCUT2D eigenvalue weighted by Gasteiger charge is -2.17. The number of amides is 1. The van der Waals surface area contributed by atoms with Gasteiger partial charge in [-0.1, -0.05) is 45.3 Å². The van der Waals surface area contributed by atoms with Gasteiger partial charge in [-0.05, 0) is 78.7 Å². The summed E-state index contributed by atoms with van der Waals surface area (Å²) in [6.45, 7) is 11.7. The van der Waals surface area contributed by atoms with Gasteiger partial charge < -0.3 is 30.1 Å². The van der Waals surface area contributed by atoms with Crippen LogP contribution in [0, 0.1) is 6.92 Å². The molecule has 3 rings (SSSR count). The van der Waals surface area contributed by atoms with Crippen molar-refractivity contribution in [1.29, 1.82) is 0 Å². The Bertz CT molecular complexity index is 1220. The molecule has 39 heavy (non-hydrogen) atoms. The summed E-state index contributed by atoms with van der Waals surface area (Å²) in [5.74, 6) is 1.49. The summed E-state index contributed by atoms with van der Waals surface area (Å²) in [5, 5.41) is 29.2. The monoisotopic (exact) mass is 538 g/mol. The highest BCUT2D eigenvalue weighted by molar-refractivity contribution is 5.76. The molecule has 9 heteroatoms. The number of hydrogen-bond acceptors (Lipinski definition) is 8. The molecule has 3 aromatic rings. The molecule has 0 unspecified atom stereocenters. The number of aliphatic hydroxyl groups excluding tert-OH is 2. The molecule has 1 heterocycles. The van der Waals surface area contributed by atoms with Crippen LogP contribution >= 0.6 is 0 Å². The van der Waals surface area contributed by atoms with Gasteiger partial charge in [0.2, 0.25) is 11.7 Å². The summed E-state index contributed by atoms with van der Waals surface area (Å²) >= 11 is 0. The summed E-state index contributed by atoms with van der Waals surface area (Å²) in [7, 11) is 0. The van der Waals surface area contributed by atoms with E-state index in [4.69, 9.17) is 19.4 Å². The lowest BCUT2D eigenvalue weighted by atomic mass is 9.97. The lowest BCUT2D eigenvalue weighted by Crippen LogP contribution is -2.36. The van der Waals surface area contributed by atoms with E-state index in [1.54, 1.807) is 0 Å². The minimum atomic E-state index is -0.905. The van der Waals surface area contributed by atoms with Gasteiger partial charge in [-0.15, -0.1) is 0 Å². The number of benzene rings is 2. The van der Waals surface area contributed by atoms with Gasteiger partial charge in [0, 0.05) is 24.2 Å². The molecule has 0 saturated heterocycles. The Labute approximate surface area is 231 Å². The number of aromatic nitrogens is 2. The first-order chi connectivity index (χ1) is 18.7. The van der Waals surface area contributed by atoms with Crippen molar-refractivity contribution in [3.63, 3.8) is 0 Å². The number of ether oxygens (including phenoxy) is 1. The molecule has 0 aliphatic heterocycles. The Kier molecular flexibility index (Phi) is 11.5. The van der Waals surface area contributed by atoms with Crippen molar-refractivity contribution in [1.82, 2.24) is 20.8 Å². The predicted octanol–water partition coefficient (Wildman–Crippen LogP) is 4.14. The maximum atomic E-state index is 11.2. The van der Waals surface area contributed by atoms with Crippen LogP contribution in [0.15, 0.2) is 34.9 Å². The van der Waals surface area contributed by atoms with Crippen LogP contribution in [-0.2, 0) is 17.8 Å². The first kappa shape index (κ1) is 30.3. The highest BCUT2D eigenvalue weighted by Crippen LogP contribution is 2.32. The highest BCUT2D eigenvalue weighted by Gasteiger charge is 2.17. The Hall–Kier alpha value is -3.27. The number of unbranched alkanes of at least 4 members (excludes halogenated alkanes) is 1. The third-order valence-electron chi connectivity index (χ3n) is 6.48. The van der Waals surface area contributed by atoms with Crippen molar-refractivity contribution in [2.24, 2.45) is 0 Å². The number of carbonyl (C=O) groups excluding carboxylic acids is 1. The van der Waals surface area contributed by atoms with Crippen molar-refractivity contribution in [2.45, 2.75) is 72.4 Å². The van der Waals surface area contributed by atoms with E-state index in [2.05, 4.69) is 54.8 Å². The summed E-state index contributed by atoms with van der Waals surface area (Å²) in [4.78, 5) is 15.9. The second-order valence-electron chi connectivity index (χ2n) is 10.1. The molecule has 0 aliphatic rings. The number of carbonyl (C=O) groups is 1. The van der Waals surface area contributed by atoms with Crippen molar-refractivity contribution in [3.8, 4) is 28.6 Å². The zero-order chi connectivity index (χ0) is 28.4. The third kappa shape index (κ3) is 8.61. The number of aryl methyl sites for hydroxylation is 2. The fourth-order valence-corrected chi connectivity index (χ4v) is 4.24. The maximum Gasteiger partial charge on any atom is 0.258 e. The predicted molar refractivity (Wildman–Crippen MR) is 152 cm³/mol. The minimum absolute atomic E-state index is 0.00184. The molecule has 0 saturated carbocycles. The van der Waals surface area contributed by atoms with Crippen LogP contribution in [0.4, 0.5) is 0 Å². The topological polar surface area (TPSA) is 130 Å². The molecule has 0 radical (unpaired) electrons. The molecule has 212 valence electrons. The number of aliphatic hydroxyl groups is 2. The zero-order valence-electron chi connectivity index (χ0n) is 23.7. The van der Waals surface area contributed by atoms with E-state index in [-0.39, 0.29) is 13.2 Å². The summed E-state index contributed by atoms with van der Waals surface area (Å²) in [6, 6.07) is 10.4. The van der Waals surface area contributed by atoms with Crippen molar-refractivity contribution in [2.75, 3.05) is 26.3 Å². The van der Waals surface area contributed by atoms with Crippen LogP contribution in [0.2, 0.25) is 0 Å². The second kappa shape index (κ2) is 14.8. The van der Waals surface area contributed by atoms with E-state index in [9.17, 15) is 9.90 Å². The van der Waals surface area contributed by atoms with Crippen molar-refractivity contribution < 1.29 is 24.3 Å². The van der Waals surface area contributed by atoms with Gasteiger partial charge in [-0.2, -0.15) is 4.98 Å². The van der Waals surface area contributed by atoms with Crippen molar-refractivity contribution >= 4 is 5.91 Å². The fourth-order valence-electron chi connectivity index (χ4n) is 4.24. The molecule has 0 fully saturated rings. The SMILES string of the molecule is CCCCNCc1cc(-c2nc(-c3cc(C)c(OC[C@@H](O)CNC(=O)CO)c(CC)c3)no2)cc(C(C)C)c1. The molecule has 9 nitrogen and oxygen atoms in total. The summed E-state index contributed by atoms with van der Waals surface area (Å²) < 4.78 is 11.6. The van der Waals surface area contributed by atoms with Gasteiger partial charge >= 0.3 is 0 Å². The van der Waals surface area contributed by atoms with Crippen LogP contribution in [0.1, 0.15) is 68.7 Å². The van der Waals surface area contributed by atoms with Crippen LogP contribution in [0.5, 0.6) is 5.75 Å². The van der Waals surface area contributed by atoms with E-state index < -0.39 is 18.6 Å². The number of nitrogens with zero attached hydrogens (tertiary/aromatic N) is 2. The first-order valence-corrected chi connectivity index (χ1v) is 13.8. The molecule has 2 aromatic carbocycles. The Morgan fingerprint density at radius 3 is 2.62 bits per heavy atom. The zero-order valence-corrected chi connectivity index (χ0v) is 23.7. The van der Waals surface area contributed by atoms with Gasteiger partial charge in [0.15, 0.2) is 0 Å². The van der Waals surface area contributed by atoms with Gasteiger partial charge in [-0.25, -0.2) is 0 Å². The highest BCUT2D eigenvalue weighted by atomic mass is 16.5. The van der Waals surface area contributed by atoms with E-state index in [0.717, 1.165) is 48.2 Å². The molecule has 1 aromatic heterocycles. The average Bonchev–Trinajstić information content (AvgIpc) is 3.43. The van der Waals surface area contributed by atoms with Gasteiger partial charge in [0.1, 0.15) is 25.1 Å². The Morgan fingerprint density at radius 2 is 1.92 bits per heavy atom. The van der Waals surface area contributed by atoms with Gasteiger partial charge in [0.05, 0.1) is 0 Å². The van der Waals surface area contributed by atoms with Crippen LogP contribution < -0.4 is 15.4 Å². The number of nitrogens with one attached hydrogen (secondary N) is 2. The Morgan fingerprint density at radius 1 is 1.13 bits per heavy atom. The summed E-state index contributed by atoms with van der Waals surface area (Å²) in [6.07, 6.45) is 2.11. The molecule has 1 amide bonds. The minimum Gasteiger partial charge on any atom is -0.490 e. The normalized spacial score (nSPS) is 12.1. The molecular formula is C30H42N4O5. The van der Waals surface area contributed by atoms with E-state index in [1.807, 2.05) is 26.0 Å². The third-order valence-corrected chi connectivity index (χ3v) is 6.48. The van der Waals surface area contributed by atoms with Crippen LogP contribution in [0.3, 0.4) is 0 Å². The fraction of sp³-hybridized carbons (Fsp3) is 0.500.